The molecule has 0 saturated heterocycles. The zero-order valence-corrected chi connectivity index (χ0v) is 31.6. The average molecular weight is 812 g/mol. The van der Waals surface area contributed by atoms with Crippen LogP contribution in [0.4, 0.5) is 17.2 Å². The summed E-state index contributed by atoms with van der Waals surface area (Å²) in [6.45, 7) is 21.0. The first-order valence-electron chi connectivity index (χ1n) is 17.5. The molecule has 0 N–H and O–H groups in total. The Labute approximate surface area is 300 Å². The van der Waals surface area contributed by atoms with E-state index in [0.717, 1.165) is 39.4 Å². The first-order valence-corrected chi connectivity index (χ1v) is 16.0. The van der Waals surface area contributed by atoms with Crippen LogP contribution in [0, 0.1) is 26.0 Å². The van der Waals surface area contributed by atoms with Crippen molar-refractivity contribution in [3.8, 4) is 11.5 Å². The number of benzene rings is 3. The van der Waals surface area contributed by atoms with Crippen LogP contribution < -0.4 is 9.64 Å². The summed E-state index contributed by atoms with van der Waals surface area (Å²) < 4.78 is 36.4. The number of nitrogens with zero attached hydrogens (tertiary/aromatic N) is 3. The monoisotopic (exact) mass is 811 g/mol. The van der Waals surface area contributed by atoms with Gasteiger partial charge in [0.15, 0.2) is 0 Å². The first-order chi connectivity index (χ1) is 22.6. The maximum absolute atomic E-state index is 7.99. The van der Waals surface area contributed by atoms with Crippen molar-refractivity contribution in [2.24, 2.45) is 4.99 Å². The van der Waals surface area contributed by atoms with Gasteiger partial charge in [-0.15, -0.1) is 29.8 Å². The summed E-state index contributed by atoms with van der Waals surface area (Å²) in [5.74, 6) is 2.12. The van der Waals surface area contributed by atoms with Crippen molar-refractivity contribution >= 4 is 23.1 Å². The van der Waals surface area contributed by atoms with Crippen molar-refractivity contribution in [3.05, 3.63) is 106 Å². The predicted molar refractivity (Wildman–Crippen MR) is 189 cm³/mol. The second-order valence-electron chi connectivity index (χ2n) is 15.7. The molecule has 2 aliphatic rings. The molecular weight excluding hydrogens is 762 g/mol. The van der Waals surface area contributed by atoms with Gasteiger partial charge in [-0.05, 0) is 60.4 Å². The van der Waals surface area contributed by atoms with Crippen LogP contribution in [0.1, 0.15) is 112 Å². The fourth-order valence-corrected chi connectivity index (χ4v) is 6.14. The molecule has 0 fully saturated rings. The number of anilines is 3. The van der Waals surface area contributed by atoms with Crippen LogP contribution in [0.3, 0.4) is 0 Å². The Hall–Kier alpha value is -3.43. The number of hydrogen-bond acceptors (Lipinski definition) is 5. The molecule has 3 heterocycles. The van der Waals surface area contributed by atoms with E-state index in [-0.39, 0.29) is 49.8 Å². The van der Waals surface area contributed by atoms with E-state index in [9.17, 15) is 0 Å². The fourth-order valence-electron chi connectivity index (χ4n) is 6.14. The summed E-state index contributed by atoms with van der Waals surface area (Å²) in [5, 5.41) is 0. The fraction of sp³-hybridized carbons (Fsp3) is 0.415. The topological polar surface area (TPSA) is 47.0 Å². The Morgan fingerprint density at radius 3 is 2.21 bits per heavy atom. The molecule has 0 saturated carbocycles. The number of rotatable bonds is 4. The molecule has 0 unspecified atom stereocenters. The number of aromatic nitrogens is 1. The van der Waals surface area contributed by atoms with Gasteiger partial charge in [0.25, 0.3) is 0 Å². The number of hydrogen-bond donors (Lipinski definition) is 0. The third-order valence-corrected chi connectivity index (χ3v) is 8.88. The molecule has 0 aliphatic carbocycles. The summed E-state index contributed by atoms with van der Waals surface area (Å²) >= 11 is 0. The van der Waals surface area contributed by atoms with Crippen LogP contribution in [0.25, 0.3) is 0 Å². The molecule has 47 heavy (non-hydrogen) atoms. The second-order valence-corrected chi connectivity index (χ2v) is 15.7. The Morgan fingerprint density at radius 1 is 0.851 bits per heavy atom. The van der Waals surface area contributed by atoms with Gasteiger partial charge in [-0.2, -0.15) is 5.56 Å². The van der Waals surface area contributed by atoms with Crippen molar-refractivity contribution < 1.29 is 34.7 Å². The molecule has 6 heteroatoms. The van der Waals surface area contributed by atoms with Crippen molar-refractivity contribution in [1.82, 2.24) is 4.98 Å². The molecule has 0 amide bonds. The Kier molecular flexibility index (Phi) is 7.83. The Morgan fingerprint density at radius 2 is 1.55 bits per heavy atom. The van der Waals surface area contributed by atoms with Crippen LogP contribution in [0.2, 0.25) is 0 Å². The second kappa shape index (κ2) is 11.9. The van der Waals surface area contributed by atoms with Gasteiger partial charge >= 0.3 is 21.1 Å². The third kappa shape index (κ3) is 6.79. The number of fused-ring (bicyclic) bond motifs is 2. The number of aryl methyl sites for hydroxylation is 2. The van der Waals surface area contributed by atoms with Gasteiger partial charge in [0.05, 0.1) is 5.54 Å². The molecule has 6 rings (SSSR count). The van der Waals surface area contributed by atoms with Crippen LogP contribution in [0.5, 0.6) is 11.5 Å². The van der Waals surface area contributed by atoms with Crippen molar-refractivity contribution in [2.75, 3.05) is 11.5 Å². The van der Waals surface area contributed by atoms with Gasteiger partial charge in [0, 0.05) is 38.5 Å². The van der Waals surface area contributed by atoms with E-state index in [0.29, 0.717) is 17.1 Å². The summed E-state index contributed by atoms with van der Waals surface area (Å²) in [6.07, 6.45) is 1.92. The van der Waals surface area contributed by atoms with Gasteiger partial charge in [0.1, 0.15) is 18.3 Å². The van der Waals surface area contributed by atoms with Crippen molar-refractivity contribution in [1.29, 1.82) is 0 Å². The summed E-state index contributed by atoms with van der Waals surface area (Å²) in [6, 6.07) is 23.9. The van der Waals surface area contributed by atoms with Crippen molar-refractivity contribution in [2.45, 2.75) is 105 Å². The van der Waals surface area contributed by atoms with Gasteiger partial charge in [-0.1, -0.05) is 97.8 Å². The van der Waals surface area contributed by atoms with E-state index in [2.05, 4.69) is 115 Å². The molecule has 0 bridgehead atoms. The minimum Gasteiger partial charge on any atom is -0.518 e. The van der Waals surface area contributed by atoms with Crippen LogP contribution in [-0.4, -0.2) is 23.0 Å². The van der Waals surface area contributed by atoms with E-state index < -0.39 is 12.4 Å². The van der Waals surface area contributed by atoms with Gasteiger partial charge in [-0.3, -0.25) is 4.99 Å². The minimum absolute atomic E-state index is 0. The number of aliphatic imine (C=N–C) groups is 1. The SMILES string of the molecule is [2H]C([2H])([2H])[C@]1(C)COC(c2[c-]c(Oc3[c-]c(N4c5ccc(C(C)(C)C)cc5C(C)(C)c5cc(C)cnc54)cc(C)c3)cc(C(C)(C)C)c2)=N1.[Pt+2]. The molecule has 1 atom stereocenters. The molecule has 0 radical (unpaired) electrons. The van der Waals surface area contributed by atoms with Gasteiger partial charge in [-0.25, -0.2) is 4.98 Å². The third-order valence-electron chi connectivity index (χ3n) is 8.88. The normalized spacial score (nSPS) is 19.7. The molecule has 5 nitrogen and oxygen atoms in total. The average Bonchev–Trinajstić information content (AvgIpc) is 3.40. The molecule has 248 valence electrons. The number of pyridine rings is 1. The first kappa shape index (κ1) is 30.9. The number of ether oxygens (including phenoxy) is 2. The van der Waals surface area contributed by atoms with Gasteiger partial charge < -0.3 is 14.4 Å². The maximum atomic E-state index is 7.99. The summed E-state index contributed by atoms with van der Waals surface area (Å²) in [7, 11) is 0. The predicted octanol–water partition coefficient (Wildman–Crippen LogP) is 10.3. The molecular formula is C41H47N3O2Pt. The zero-order chi connectivity index (χ0) is 35.9. The van der Waals surface area contributed by atoms with E-state index in [1.807, 2.05) is 31.3 Å². The molecule has 2 aliphatic heterocycles. The van der Waals surface area contributed by atoms with E-state index in [4.69, 9.17) is 18.6 Å². The Balaban J connectivity index is 0.00000486. The van der Waals surface area contributed by atoms with E-state index in [1.165, 1.54) is 11.1 Å². The quantitative estimate of drug-likeness (QED) is 0.193. The molecule has 3 aromatic carbocycles. The maximum Gasteiger partial charge on any atom is 2.00 e. The molecule has 1 aromatic heterocycles. The summed E-state index contributed by atoms with van der Waals surface area (Å²) in [4.78, 5) is 11.7. The molecule has 4 aromatic rings. The summed E-state index contributed by atoms with van der Waals surface area (Å²) in [5.41, 5.74) is 7.34. The van der Waals surface area contributed by atoms with Crippen LogP contribution in [-0.2, 0) is 42.0 Å². The molecule has 0 spiro atoms. The smallest absolute Gasteiger partial charge is 0.518 e. The van der Waals surface area contributed by atoms with E-state index in [1.54, 1.807) is 6.92 Å². The van der Waals surface area contributed by atoms with Gasteiger partial charge in [0.2, 0.25) is 0 Å². The standard InChI is InChI=1S/C41H47N3O2.Pt/c1-25-15-30(22-31(16-25)46-32-19-27(18-29(20-32)39(6,7)8)37-43-40(9,10)24-45-37)44-35-14-13-28(38(3,4)5)21-33(35)41(11,12)34-17-26(2)23-42-36(34)44;/h13-18,20-21,23H,24H2,1-12H3;/q-2;+2/i9D3;/t40-;/m0./s1. The Bertz CT molecular complexity index is 1990. The zero-order valence-electron chi connectivity index (χ0n) is 32.4. The van der Waals surface area contributed by atoms with Crippen LogP contribution >= 0.6 is 0 Å². The largest absolute Gasteiger partial charge is 2.00 e. The van der Waals surface area contributed by atoms with Crippen molar-refractivity contribution in [3.63, 3.8) is 0 Å². The van der Waals surface area contributed by atoms with E-state index >= 15 is 0 Å². The van der Waals surface area contributed by atoms with Crippen LogP contribution in [0.15, 0.2) is 59.7 Å². The minimum atomic E-state index is -2.30.